The van der Waals surface area contributed by atoms with Crippen LogP contribution in [0.15, 0.2) is 0 Å². The molecule has 0 aliphatic carbocycles. The summed E-state index contributed by atoms with van der Waals surface area (Å²) in [5, 5.41) is 2.84. The Kier molecular flexibility index (Phi) is 25.9. The second kappa shape index (κ2) is 26.5. The first-order valence-corrected chi connectivity index (χ1v) is 12.9. The van der Waals surface area contributed by atoms with Crippen LogP contribution in [-0.2, 0) is 23.7 Å². The maximum Gasteiger partial charge on any atom is 0.221 e. The Labute approximate surface area is 197 Å². The molecule has 0 aliphatic rings. The largest absolute Gasteiger partial charge is 0.379 e. The molecule has 7 nitrogen and oxygen atoms in total. The molecule has 0 fully saturated rings. The molecule has 0 radical (unpaired) electrons. The van der Waals surface area contributed by atoms with E-state index < -0.39 is 0 Å². The number of hydrogen-bond acceptors (Lipinski definition) is 6. The smallest absolute Gasteiger partial charge is 0.221 e. The predicted octanol–water partition coefficient (Wildman–Crippen LogP) is 4.04. The van der Waals surface area contributed by atoms with Crippen LogP contribution in [0.2, 0.25) is 0 Å². The average Bonchev–Trinajstić information content (AvgIpc) is 2.78. The highest BCUT2D eigenvalue weighted by molar-refractivity contribution is 5.75. The normalized spacial score (nSPS) is 11.4. The van der Waals surface area contributed by atoms with Crippen molar-refractivity contribution in [2.75, 3.05) is 80.0 Å². The topological polar surface area (TPSA) is 69.3 Å². The lowest BCUT2D eigenvalue weighted by Gasteiger charge is -2.10. The average molecular weight is 461 g/mol. The first kappa shape index (κ1) is 31.3. The molecule has 0 rings (SSSR count). The zero-order chi connectivity index (χ0) is 23.5. The molecule has 0 aromatic rings. The highest BCUT2D eigenvalue weighted by Crippen LogP contribution is 2.10. The van der Waals surface area contributed by atoms with Gasteiger partial charge in [-0.3, -0.25) is 4.79 Å². The number of rotatable bonds is 26. The molecule has 0 aromatic carbocycles. The molecule has 0 saturated heterocycles. The second-order valence-electron chi connectivity index (χ2n) is 8.53. The van der Waals surface area contributed by atoms with Gasteiger partial charge < -0.3 is 29.2 Å². The van der Waals surface area contributed by atoms with Crippen molar-refractivity contribution in [1.29, 1.82) is 0 Å². The third-order valence-corrected chi connectivity index (χ3v) is 5.11. The summed E-state index contributed by atoms with van der Waals surface area (Å²) in [4.78, 5) is 13.5. The number of nitrogens with zero attached hydrogens (tertiary/aromatic N) is 1. The van der Waals surface area contributed by atoms with Crippen LogP contribution in [0, 0.1) is 0 Å². The number of unbranched alkanes of at least 4 members (excludes halogenated alkanes) is 9. The Bertz CT molecular complexity index is 383. The van der Waals surface area contributed by atoms with Crippen LogP contribution < -0.4 is 5.32 Å². The van der Waals surface area contributed by atoms with E-state index in [1.807, 2.05) is 19.0 Å². The summed E-state index contributed by atoms with van der Waals surface area (Å²) in [6.45, 7) is 8.36. The number of hydrogen-bond donors (Lipinski definition) is 1. The molecular formula is C25H52N2O5. The van der Waals surface area contributed by atoms with E-state index in [2.05, 4.69) is 12.2 Å². The first-order valence-electron chi connectivity index (χ1n) is 12.9. The van der Waals surface area contributed by atoms with Gasteiger partial charge in [-0.15, -0.1) is 0 Å². The van der Waals surface area contributed by atoms with Gasteiger partial charge in [0.15, 0.2) is 0 Å². The van der Waals surface area contributed by atoms with Gasteiger partial charge in [0.25, 0.3) is 0 Å². The van der Waals surface area contributed by atoms with Crippen LogP contribution in [0.4, 0.5) is 0 Å². The summed E-state index contributed by atoms with van der Waals surface area (Å²) in [5.74, 6) is 0.0585. The number of ether oxygens (including phenoxy) is 4. The highest BCUT2D eigenvalue weighted by atomic mass is 16.6. The van der Waals surface area contributed by atoms with Crippen molar-refractivity contribution < 1.29 is 23.7 Å². The van der Waals surface area contributed by atoms with Crippen molar-refractivity contribution in [3.8, 4) is 0 Å². The van der Waals surface area contributed by atoms with E-state index in [9.17, 15) is 4.79 Å². The van der Waals surface area contributed by atoms with E-state index >= 15 is 0 Å². The van der Waals surface area contributed by atoms with Crippen LogP contribution in [0.3, 0.4) is 0 Å². The molecule has 7 heteroatoms. The van der Waals surface area contributed by atoms with E-state index in [0.717, 1.165) is 19.6 Å². The molecule has 0 atom stereocenters. The molecule has 0 saturated carbocycles. The van der Waals surface area contributed by atoms with Gasteiger partial charge in [0.1, 0.15) is 0 Å². The van der Waals surface area contributed by atoms with E-state index in [1.54, 1.807) is 0 Å². The minimum atomic E-state index is 0.0585. The van der Waals surface area contributed by atoms with E-state index in [0.29, 0.717) is 59.2 Å². The standard InChI is InChI=1S/C25H52N2O5/c1-4-5-6-7-8-9-10-11-12-13-17-29-19-21-31-23-24-32-22-20-30-18-15-26-25(28)14-16-27(2)3/h4-24H2,1-3H3,(H,26,28). The fourth-order valence-electron chi connectivity index (χ4n) is 3.13. The monoisotopic (exact) mass is 460 g/mol. The first-order chi connectivity index (χ1) is 15.7. The minimum Gasteiger partial charge on any atom is -0.379 e. The van der Waals surface area contributed by atoms with Gasteiger partial charge in [0.2, 0.25) is 5.91 Å². The molecule has 0 unspecified atom stereocenters. The molecule has 1 amide bonds. The van der Waals surface area contributed by atoms with Crippen LogP contribution >= 0.6 is 0 Å². The number of nitrogens with one attached hydrogen (secondary N) is 1. The van der Waals surface area contributed by atoms with Crippen molar-refractivity contribution in [3.05, 3.63) is 0 Å². The second-order valence-corrected chi connectivity index (χ2v) is 8.53. The summed E-state index contributed by atoms with van der Waals surface area (Å²) < 4.78 is 22.0. The molecule has 0 aliphatic heterocycles. The van der Waals surface area contributed by atoms with Gasteiger partial charge >= 0.3 is 0 Å². The fraction of sp³-hybridized carbons (Fsp3) is 0.960. The molecular weight excluding hydrogens is 408 g/mol. The molecule has 0 aromatic heterocycles. The zero-order valence-electron chi connectivity index (χ0n) is 21.3. The lowest BCUT2D eigenvalue weighted by Crippen LogP contribution is -2.30. The summed E-state index contributed by atoms with van der Waals surface area (Å²) in [5.41, 5.74) is 0. The Morgan fingerprint density at radius 2 is 1.06 bits per heavy atom. The molecule has 192 valence electrons. The SMILES string of the molecule is CCCCCCCCCCCCOCCOCCOCCOCCNC(=O)CCN(C)C. The predicted molar refractivity (Wildman–Crippen MR) is 131 cm³/mol. The van der Waals surface area contributed by atoms with Gasteiger partial charge in [0, 0.05) is 26.1 Å². The Morgan fingerprint density at radius 3 is 1.56 bits per heavy atom. The van der Waals surface area contributed by atoms with Crippen molar-refractivity contribution in [3.63, 3.8) is 0 Å². The van der Waals surface area contributed by atoms with Gasteiger partial charge in [-0.2, -0.15) is 0 Å². The molecule has 0 spiro atoms. The van der Waals surface area contributed by atoms with E-state index in [4.69, 9.17) is 18.9 Å². The third-order valence-electron chi connectivity index (χ3n) is 5.11. The quantitative estimate of drug-likeness (QED) is 0.197. The highest BCUT2D eigenvalue weighted by Gasteiger charge is 2.01. The summed E-state index contributed by atoms with van der Waals surface area (Å²) >= 11 is 0. The van der Waals surface area contributed by atoms with Crippen LogP contribution in [-0.4, -0.2) is 90.8 Å². The van der Waals surface area contributed by atoms with Gasteiger partial charge in [-0.25, -0.2) is 0 Å². The maximum absolute atomic E-state index is 11.5. The van der Waals surface area contributed by atoms with Crippen molar-refractivity contribution in [1.82, 2.24) is 10.2 Å². The van der Waals surface area contributed by atoms with E-state index in [1.165, 1.54) is 57.8 Å². The Hall–Kier alpha value is -0.730. The van der Waals surface area contributed by atoms with Crippen molar-refractivity contribution >= 4 is 5.91 Å². The minimum absolute atomic E-state index is 0.0585. The molecule has 32 heavy (non-hydrogen) atoms. The number of amides is 1. The van der Waals surface area contributed by atoms with Gasteiger partial charge in [-0.05, 0) is 20.5 Å². The van der Waals surface area contributed by atoms with Gasteiger partial charge in [0.05, 0.1) is 46.2 Å². The van der Waals surface area contributed by atoms with Crippen LogP contribution in [0.5, 0.6) is 0 Å². The van der Waals surface area contributed by atoms with Gasteiger partial charge in [-0.1, -0.05) is 64.7 Å². The Morgan fingerprint density at radius 1 is 0.625 bits per heavy atom. The Balaban J connectivity index is 3.07. The van der Waals surface area contributed by atoms with E-state index in [-0.39, 0.29) is 5.91 Å². The third kappa shape index (κ3) is 27.3. The maximum atomic E-state index is 11.5. The number of carbonyl (C=O) groups excluding carboxylic acids is 1. The van der Waals surface area contributed by atoms with Crippen molar-refractivity contribution in [2.24, 2.45) is 0 Å². The molecule has 0 bridgehead atoms. The number of carbonyl (C=O) groups is 1. The lowest BCUT2D eigenvalue weighted by atomic mass is 10.1. The summed E-state index contributed by atoms with van der Waals surface area (Å²) in [7, 11) is 3.91. The summed E-state index contributed by atoms with van der Waals surface area (Å²) in [6.07, 6.45) is 14.0. The fourth-order valence-corrected chi connectivity index (χ4v) is 3.13. The molecule has 0 heterocycles. The van der Waals surface area contributed by atoms with Crippen molar-refractivity contribution in [2.45, 2.75) is 77.6 Å². The molecule has 1 N–H and O–H groups in total. The zero-order valence-corrected chi connectivity index (χ0v) is 21.3. The lowest BCUT2D eigenvalue weighted by molar-refractivity contribution is -0.121. The van der Waals surface area contributed by atoms with Crippen LogP contribution in [0.25, 0.3) is 0 Å². The van der Waals surface area contributed by atoms with Crippen LogP contribution in [0.1, 0.15) is 77.6 Å². The summed E-state index contributed by atoms with van der Waals surface area (Å²) in [6, 6.07) is 0.